The number of ketones is 1. The molecule has 1 unspecified atom stereocenters. The minimum Gasteiger partial charge on any atom is -0.294 e. The molecule has 5 rings (SSSR count). The van der Waals surface area contributed by atoms with Crippen LogP contribution in [0, 0.1) is 20.8 Å². The van der Waals surface area contributed by atoms with E-state index >= 15 is 0 Å². The zero-order valence-electron chi connectivity index (χ0n) is 17.1. The monoisotopic (exact) mass is 415 g/mol. The number of nitrogens with one attached hydrogen (secondary N) is 1. The summed E-state index contributed by atoms with van der Waals surface area (Å²) >= 11 is 1.69. The molecule has 0 fully saturated rings. The zero-order chi connectivity index (χ0) is 20.8. The molecule has 1 aromatic carbocycles. The number of hydrogen-bond donors (Lipinski definition) is 1. The van der Waals surface area contributed by atoms with Crippen molar-refractivity contribution in [2.45, 2.75) is 39.5 Å². The summed E-state index contributed by atoms with van der Waals surface area (Å²) in [6, 6.07) is 10.2. The van der Waals surface area contributed by atoms with E-state index < -0.39 is 0 Å². The van der Waals surface area contributed by atoms with Crippen molar-refractivity contribution in [2.75, 3.05) is 5.32 Å². The summed E-state index contributed by atoms with van der Waals surface area (Å²) in [6.45, 7) is 5.89. The molecule has 6 nitrogen and oxygen atoms in total. The van der Waals surface area contributed by atoms with Crippen molar-refractivity contribution >= 4 is 39.9 Å². The van der Waals surface area contributed by atoms with E-state index in [0.29, 0.717) is 29.6 Å². The van der Waals surface area contributed by atoms with Gasteiger partial charge >= 0.3 is 0 Å². The van der Waals surface area contributed by atoms with E-state index in [2.05, 4.69) is 49.7 Å². The maximum Gasteiger partial charge on any atom is 0.230 e. The molecule has 1 aliphatic rings. The standard InChI is InChI=1S/C23H21N5OS/c1-12-6-7-17-16(9-12)13(2)24-22(26-17)28-23-25-14(3)21-18(27-23)10-15(11-19(21)29)20-5-4-8-30-20/h4-9,15H,10-11H2,1-3H3,(H,24,25,26,27,28). The van der Waals surface area contributed by atoms with Gasteiger partial charge in [0.25, 0.3) is 0 Å². The quantitative estimate of drug-likeness (QED) is 0.504. The van der Waals surface area contributed by atoms with E-state index in [-0.39, 0.29) is 11.7 Å². The number of aryl methyl sites for hydroxylation is 3. The van der Waals surface area contributed by atoms with E-state index in [0.717, 1.165) is 28.7 Å². The molecular formula is C23H21N5OS. The van der Waals surface area contributed by atoms with Crippen LogP contribution in [0.4, 0.5) is 11.9 Å². The summed E-state index contributed by atoms with van der Waals surface area (Å²) in [5.41, 5.74) is 5.11. The van der Waals surface area contributed by atoms with Crippen LogP contribution in [0.3, 0.4) is 0 Å². The molecule has 1 aliphatic carbocycles. The Hall–Kier alpha value is -3.19. The van der Waals surface area contributed by atoms with Gasteiger partial charge in [-0.2, -0.15) is 0 Å². The third-order valence-corrected chi connectivity index (χ3v) is 6.56. The van der Waals surface area contributed by atoms with Crippen molar-refractivity contribution in [3.05, 3.63) is 68.8 Å². The van der Waals surface area contributed by atoms with Crippen LogP contribution < -0.4 is 5.32 Å². The molecule has 150 valence electrons. The summed E-state index contributed by atoms with van der Waals surface area (Å²) in [5.74, 6) is 1.18. The summed E-state index contributed by atoms with van der Waals surface area (Å²) in [6.07, 6.45) is 1.24. The van der Waals surface area contributed by atoms with Crippen LogP contribution >= 0.6 is 11.3 Å². The van der Waals surface area contributed by atoms with Gasteiger partial charge in [-0.3, -0.25) is 10.1 Å². The second-order valence-corrected chi connectivity index (χ2v) is 8.76. The van der Waals surface area contributed by atoms with Crippen LogP contribution in [0.2, 0.25) is 0 Å². The summed E-state index contributed by atoms with van der Waals surface area (Å²) in [4.78, 5) is 32.4. The average molecular weight is 416 g/mol. The van der Waals surface area contributed by atoms with Crippen molar-refractivity contribution < 1.29 is 4.79 Å². The maximum atomic E-state index is 12.8. The molecule has 0 aliphatic heterocycles. The second-order valence-electron chi connectivity index (χ2n) is 7.78. The van der Waals surface area contributed by atoms with Crippen molar-refractivity contribution in [1.29, 1.82) is 0 Å². The van der Waals surface area contributed by atoms with Crippen LogP contribution in [-0.2, 0) is 6.42 Å². The Morgan fingerprint density at radius 1 is 0.967 bits per heavy atom. The average Bonchev–Trinajstić information content (AvgIpc) is 3.23. The largest absolute Gasteiger partial charge is 0.294 e. The number of thiophene rings is 1. The SMILES string of the molecule is Cc1ccc2nc(Nc3nc(C)c4c(n3)CC(c3cccs3)CC4=O)nc(C)c2c1. The van der Waals surface area contributed by atoms with Crippen LogP contribution in [-0.4, -0.2) is 25.7 Å². The molecule has 0 bridgehead atoms. The van der Waals surface area contributed by atoms with Gasteiger partial charge in [0.2, 0.25) is 11.9 Å². The molecule has 0 saturated heterocycles. The van der Waals surface area contributed by atoms with Gasteiger partial charge < -0.3 is 0 Å². The van der Waals surface area contributed by atoms with E-state index in [4.69, 9.17) is 0 Å². The Morgan fingerprint density at radius 3 is 2.57 bits per heavy atom. The van der Waals surface area contributed by atoms with E-state index in [9.17, 15) is 4.79 Å². The molecule has 1 atom stereocenters. The first-order valence-electron chi connectivity index (χ1n) is 9.94. The van der Waals surface area contributed by atoms with Gasteiger partial charge in [0.1, 0.15) is 0 Å². The Morgan fingerprint density at radius 2 is 1.77 bits per heavy atom. The molecule has 4 aromatic rings. The molecule has 3 aromatic heterocycles. The molecule has 1 N–H and O–H groups in total. The highest BCUT2D eigenvalue weighted by molar-refractivity contribution is 7.10. The van der Waals surface area contributed by atoms with Gasteiger partial charge in [0, 0.05) is 22.6 Å². The van der Waals surface area contributed by atoms with Gasteiger partial charge in [-0.15, -0.1) is 11.3 Å². The van der Waals surface area contributed by atoms with Crippen molar-refractivity contribution in [1.82, 2.24) is 19.9 Å². The maximum absolute atomic E-state index is 12.8. The number of fused-ring (bicyclic) bond motifs is 2. The molecular weight excluding hydrogens is 394 g/mol. The first-order valence-corrected chi connectivity index (χ1v) is 10.8. The normalized spacial score (nSPS) is 16.0. The summed E-state index contributed by atoms with van der Waals surface area (Å²) < 4.78 is 0. The van der Waals surface area contributed by atoms with Crippen molar-refractivity contribution in [2.24, 2.45) is 0 Å². The zero-order valence-corrected chi connectivity index (χ0v) is 17.9. The number of hydrogen-bond acceptors (Lipinski definition) is 7. The van der Waals surface area contributed by atoms with Gasteiger partial charge in [0.15, 0.2) is 5.78 Å². The number of rotatable bonds is 3. The first kappa shape index (κ1) is 18.8. The van der Waals surface area contributed by atoms with Crippen molar-refractivity contribution in [3.63, 3.8) is 0 Å². The van der Waals surface area contributed by atoms with Crippen LogP contribution in [0.5, 0.6) is 0 Å². The number of carbonyl (C=O) groups excluding carboxylic acids is 1. The highest BCUT2D eigenvalue weighted by atomic mass is 32.1. The van der Waals surface area contributed by atoms with Crippen LogP contribution in [0.15, 0.2) is 35.7 Å². The minimum absolute atomic E-state index is 0.117. The lowest BCUT2D eigenvalue weighted by atomic mass is 9.84. The molecule has 30 heavy (non-hydrogen) atoms. The molecule has 0 amide bonds. The summed E-state index contributed by atoms with van der Waals surface area (Å²) in [5, 5.41) is 6.24. The van der Waals surface area contributed by atoms with Crippen LogP contribution in [0.25, 0.3) is 10.9 Å². The Balaban J connectivity index is 1.50. The topological polar surface area (TPSA) is 80.7 Å². The smallest absolute Gasteiger partial charge is 0.230 e. The predicted octanol–water partition coefficient (Wildman–Crippen LogP) is 5.06. The number of anilines is 2. The third-order valence-electron chi connectivity index (χ3n) is 5.53. The fourth-order valence-corrected chi connectivity index (χ4v) is 4.94. The van der Waals surface area contributed by atoms with Crippen molar-refractivity contribution in [3.8, 4) is 0 Å². The molecule has 7 heteroatoms. The number of nitrogens with zero attached hydrogens (tertiary/aromatic N) is 4. The van der Waals surface area contributed by atoms with E-state index in [1.807, 2.05) is 32.0 Å². The lowest BCUT2D eigenvalue weighted by Crippen LogP contribution is -2.22. The Labute approximate surface area is 178 Å². The van der Waals surface area contributed by atoms with Gasteiger partial charge in [-0.1, -0.05) is 17.7 Å². The number of benzene rings is 1. The fraction of sp³-hybridized carbons (Fsp3) is 0.261. The molecule has 0 spiro atoms. The van der Waals surface area contributed by atoms with E-state index in [1.54, 1.807) is 11.3 Å². The Kier molecular flexibility index (Phi) is 4.55. The second kappa shape index (κ2) is 7.25. The highest BCUT2D eigenvalue weighted by Crippen LogP contribution is 2.35. The summed E-state index contributed by atoms with van der Waals surface area (Å²) in [7, 11) is 0. The highest BCUT2D eigenvalue weighted by Gasteiger charge is 2.30. The van der Waals surface area contributed by atoms with Gasteiger partial charge in [0.05, 0.1) is 28.2 Å². The first-order chi connectivity index (χ1) is 14.5. The number of Topliss-reactive ketones (excluding diaryl/α,β-unsaturated/α-hetero) is 1. The van der Waals surface area contributed by atoms with E-state index in [1.165, 1.54) is 10.4 Å². The van der Waals surface area contributed by atoms with Gasteiger partial charge in [-0.05, 0) is 50.8 Å². The lowest BCUT2D eigenvalue weighted by molar-refractivity contribution is 0.0962. The lowest BCUT2D eigenvalue weighted by Gasteiger charge is -2.23. The molecule has 3 heterocycles. The third kappa shape index (κ3) is 3.35. The fourth-order valence-electron chi connectivity index (χ4n) is 4.11. The number of carbonyl (C=O) groups is 1. The van der Waals surface area contributed by atoms with Gasteiger partial charge in [-0.25, -0.2) is 19.9 Å². The minimum atomic E-state index is 0.117. The van der Waals surface area contributed by atoms with Crippen LogP contribution in [0.1, 0.15) is 50.2 Å². The number of aromatic nitrogens is 4. The molecule has 0 radical (unpaired) electrons. The Bertz CT molecular complexity index is 1280. The molecule has 0 saturated carbocycles. The predicted molar refractivity (Wildman–Crippen MR) is 119 cm³/mol.